The fourth-order valence-corrected chi connectivity index (χ4v) is 4.78. The Morgan fingerprint density at radius 3 is 2.82 bits per heavy atom. The van der Waals surface area contributed by atoms with E-state index >= 15 is 0 Å². The number of carbonyl (C=O) groups is 1. The standard InChI is InChI=1S/C21H21N5OS/c27-20(24-19-10-11-22-26(19)16-8-4-5-9-16)12-17-14-28-21-23-18(13-25(17)21)15-6-2-1-3-7-15/h1-3,6-7,10-11,13-14,16H,4-5,8-9,12H2,(H,24,27). The zero-order chi connectivity index (χ0) is 18.9. The van der Waals surface area contributed by atoms with Crippen LogP contribution < -0.4 is 5.32 Å². The molecule has 3 heterocycles. The largest absolute Gasteiger partial charge is 0.311 e. The van der Waals surface area contributed by atoms with Crippen molar-refractivity contribution in [3.05, 3.63) is 59.9 Å². The number of anilines is 1. The Hall–Kier alpha value is -2.93. The summed E-state index contributed by atoms with van der Waals surface area (Å²) >= 11 is 1.56. The van der Waals surface area contributed by atoms with Crippen LogP contribution in [-0.2, 0) is 11.2 Å². The van der Waals surface area contributed by atoms with Crippen molar-refractivity contribution in [1.82, 2.24) is 19.2 Å². The minimum Gasteiger partial charge on any atom is -0.311 e. The highest BCUT2D eigenvalue weighted by Gasteiger charge is 2.21. The number of hydrogen-bond acceptors (Lipinski definition) is 4. The van der Waals surface area contributed by atoms with Gasteiger partial charge in [0.05, 0.1) is 24.4 Å². The van der Waals surface area contributed by atoms with Crippen LogP contribution in [0.4, 0.5) is 5.82 Å². The molecular weight excluding hydrogens is 370 g/mol. The predicted molar refractivity (Wildman–Crippen MR) is 111 cm³/mol. The van der Waals surface area contributed by atoms with Crippen molar-refractivity contribution in [3.63, 3.8) is 0 Å². The van der Waals surface area contributed by atoms with Crippen molar-refractivity contribution in [2.24, 2.45) is 0 Å². The van der Waals surface area contributed by atoms with Crippen LogP contribution in [0.3, 0.4) is 0 Å². The van der Waals surface area contributed by atoms with Gasteiger partial charge >= 0.3 is 0 Å². The third-order valence-corrected chi connectivity index (χ3v) is 6.19. The highest BCUT2D eigenvalue weighted by molar-refractivity contribution is 7.15. The second-order valence-corrected chi connectivity index (χ2v) is 8.03. The van der Waals surface area contributed by atoms with E-state index in [9.17, 15) is 4.79 Å². The SMILES string of the molecule is O=C(Cc1csc2nc(-c3ccccc3)cn12)Nc1ccnn1C1CCCC1. The van der Waals surface area contributed by atoms with E-state index < -0.39 is 0 Å². The number of aromatic nitrogens is 4. The van der Waals surface area contributed by atoms with Gasteiger partial charge in [-0.1, -0.05) is 43.2 Å². The van der Waals surface area contributed by atoms with Crippen molar-refractivity contribution < 1.29 is 4.79 Å². The van der Waals surface area contributed by atoms with Crippen LogP contribution in [0, 0.1) is 0 Å². The molecule has 0 atom stereocenters. The average molecular weight is 392 g/mol. The Morgan fingerprint density at radius 2 is 2.00 bits per heavy atom. The van der Waals surface area contributed by atoms with Crippen LogP contribution in [0.5, 0.6) is 0 Å². The molecule has 0 saturated heterocycles. The first-order valence-corrected chi connectivity index (χ1v) is 10.5. The lowest BCUT2D eigenvalue weighted by Gasteiger charge is -2.14. The van der Waals surface area contributed by atoms with Gasteiger partial charge in [-0.2, -0.15) is 5.10 Å². The van der Waals surface area contributed by atoms with Crippen LogP contribution in [0.25, 0.3) is 16.2 Å². The quantitative estimate of drug-likeness (QED) is 0.543. The minimum atomic E-state index is -0.0330. The van der Waals surface area contributed by atoms with E-state index in [2.05, 4.69) is 15.4 Å². The number of thiazole rings is 1. The van der Waals surface area contributed by atoms with E-state index in [-0.39, 0.29) is 5.91 Å². The van der Waals surface area contributed by atoms with Crippen molar-refractivity contribution in [2.75, 3.05) is 5.32 Å². The molecule has 7 heteroatoms. The maximum Gasteiger partial charge on any atom is 0.231 e. The summed E-state index contributed by atoms with van der Waals surface area (Å²) in [5.74, 6) is 0.758. The van der Waals surface area contributed by atoms with Crippen LogP contribution in [0.2, 0.25) is 0 Å². The molecule has 5 rings (SSSR count). The van der Waals surface area contributed by atoms with E-state index in [1.807, 2.05) is 57.1 Å². The Bertz CT molecular complexity index is 1100. The van der Waals surface area contributed by atoms with Crippen LogP contribution >= 0.6 is 11.3 Å². The van der Waals surface area contributed by atoms with Gasteiger partial charge in [0.1, 0.15) is 5.82 Å². The van der Waals surface area contributed by atoms with E-state index in [1.165, 1.54) is 12.8 Å². The molecule has 1 N–H and O–H groups in total. The van der Waals surface area contributed by atoms with Gasteiger partial charge in [0.25, 0.3) is 0 Å². The summed E-state index contributed by atoms with van der Waals surface area (Å²) in [5, 5.41) is 9.47. The smallest absolute Gasteiger partial charge is 0.231 e. The number of carbonyl (C=O) groups excluding carboxylic acids is 1. The van der Waals surface area contributed by atoms with Gasteiger partial charge in [-0.3, -0.25) is 9.20 Å². The first-order chi connectivity index (χ1) is 13.8. The van der Waals surface area contributed by atoms with E-state index in [4.69, 9.17) is 0 Å². The van der Waals surface area contributed by atoms with Crippen LogP contribution in [-0.4, -0.2) is 25.1 Å². The number of imidazole rings is 1. The molecule has 3 aromatic heterocycles. The first-order valence-electron chi connectivity index (χ1n) is 9.62. The summed E-state index contributed by atoms with van der Waals surface area (Å²) in [6, 6.07) is 12.4. The molecule has 1 aliphatic rings. The molecule has 1 aromatic carbocycles. The highest BCUT2D eigenvalue weighted by Crippen LogP contribution is 2.31. The number of nitrogens with one attached hydrogen (secondary N) is 1. The third-order valence-electron chi connectivity index (χ3n) is 5.30. The molecule has 0 radical (unpaired) electrons. The normalized spacial score (nSPS) is 14.7. The molecule has 142 valence electrons. The van der Waals surface area contributed by atoms with Crippen LogP contribution in [0.15, 0.2) is 54.2 Å². The zero-order valence-electron chi connectivity index (χ0n) is 15.4. The third kappa shape index (κ3) is 3.22. The first kappa shape index (κ1) is 17.2. The maximum atomic E-state index is 12.7. The summed E-state index contributed by atoms with van der Waals surface area (Å²) in [6.45, 7) is 0. The Balaban J connectivity index is 1.34. The van der Waals surface area contributed by atoms with Crippen LogP contribution in [0.1, 0.15) is 37.4 Å². The molecule has 1 fully saturated rings. The topological polar surface area (TPSA) is 64.2 Å². The van der Waals surface area contributed by atoms with Crippen molar-refractivity contribution in [1.29, 1.82) is 0 Å². The number of hydrogen-bond donors (Lipinski definition) is 1. The van der Waals surface area contributed by atoms with Gasteiger partial charge in [-0.25, -0.2) is 9.67 Å². The second-order valence-electron chi connectivity index (χ2n) is 7.20. The van der Waals surface area contributed by atoms with Gasteiger partial charge in [-0.15, -0.1) is 11.3 Å². The maximum absolute atomic E-state index is 12.7. The Morgan fingerprint density at radius 1 is 1.18 bits per heavy atom. The molecular formula is C21H21N5OS. The lowest BCUT2D eigenvalue weighted by Crippen LogP contribution is -2.19. The Labute approximate surface area is 166 Å². The van der Waals surface area contributed by atoms with Gasteiger partial charge in [0.2, 0.25) is 5.91 Å². The lowest BCUT2D eigenvalue weighted by molar-refractivity contribution is -0.115. The van der Waals surface area contributed by atoms with E-state index in [1.54, 1.807) is 17.5 Å². The van der Waals surface area contributed by atoms with Gasteiger partial charge in [0.15, 0.2) is 4.96 Å². The summed E-state index contributed by atoms with van der Waals surface area (Å²) in [7, 11) is 0. The molecule has 28 heavy (non-hydrogen) atoms. The monoisotopic (exact) mass is 391 g/mol. The summed E-state index contributed by atoms with van der Waals surface area (Å²) in [6.07, 6.45) is 8.80. The second kappa shape index (κ2) is 7.24. The zero-order valence-corrected chi connectivity index (χ0v) is 16.2. The molecule has 1 saturated carbocycles. The fraction of sp³-hybridized carbons (Fsp3) is 0.286. The number of fused-ring (bicyclic) bond motifs is 1. The number of rotatable bonds is 5. The van der Waals surface area contributed by atoms with E-state index in [0.29, 0.717) is 12.5 Å². The molecule has 0 spiro atoms. The van der Waals surface area contributed by atoms with Gasteiger partial charge < -0.3 is 5.32 Å². The number of nitrogens with zero attached hydrogens (tertiary/aromatic N) is 4. The lowest BCUT2D eigenvalue weighted by atomic mass is 10.2. The molecule has 0 bridgehead atoms. The van der Waals surface area contributed by atoms with Gasteiger partial charge in [-0.05, 0) is 12.8 Å². The Kier molecular flexibility index (Phi) is 4.44. The fourth-order valence-electron chi connectivity index (χ4n) is 3.91. The average Bonchev–Trinajstić information content (AvgIpc) is 3.48. The molecule has 0 aliphatic heterocycles. The van der Waals surface area contributed by atoms with Gasteiger partial charge in [0, 0.05) is 28.9 Å². The molecule has 6 nitrogen and oxygen atoms in total. The minimum absolute atomic E-state index is 0.0330. The summed E-state index contributed by atoms with van der Waals surface area (Å²) in [4.78, 5) is 18.3. The van der Waals surface area contributed by atoms with Crippen molar-refractivity contribution >= 4 is 28.0 Å². The molecule has 1 amide bonds. The highest BCUT2D eigenvalue weighted by atomic mass is 32.1. The number of benzene rings is 1. The summed E-state index contributed by atoms with van der Waals surface area (Å²) < 4.78 is 3.99. The summed E-state index contributed by atoms with van der Waals surface area (Å²) in [5.41, 5.74) is 2.95. The predicted octanol–water partition coefficient (Wildman–Crippen LogP) is 4.56. The van der Waals surface area contributed by atoms with Crippen molar-refractivity contribution in [2.45, 2.75) is 38.1 Å². The molecule has 0 unspecified atom stereocenters. The van der Waals surface area contributed by atoms with Crippen molar-refractivity contribution in [3.8, 4) is 11.3 Å². The van der Waals surface area contributed by atoms with E-state index in [0.717, 1.165) is 40.6 Å². The molecule has 4 aromatic rings. The molecule has 1 aliphatic carbocycles. The number of amides is 1.